The van der Waals surface area contributed by atoms with Crippen LogP contribution in [0.3, 0.4) is 0 Å². The molecule has 3 aromatic rings. The molecule has 0 unspecified atom stereocenters. The van der Waals surface area contributed by atoms with Crippen LogP contribution in [0.25, 0.3) is 6.08 Å². The van der Waals surface area contributed by atoms with Gasteiger partial charge in [-0.25, -0.2) is 14.2 Å². The highest BCUT2D eigenvalue weighted by atomic mass is 35.5. The zero-order valence-electron chi connectivity index (χ0n) is 16.8. The third-order valence-corrected chi connectivity index (χ3v) is 5.07. The Balaban J connectivity index is 1.60. The third kappa shape index (κ3) is 4.77. The number of benzene rings is 3. The fourth-order valence-corrected chi connectivity index (χ4v) is 3.55. The van der Waals surface area contributed by atoms with E-state index in [0.29, 0.717) is 22.1 Å². The number of carbonyl (C=O) groups is 1. The molecule has 3 aromatic carbocycles. The van der Waals surface area contributed by atoms with Crippen molar-refractivity contribution >= 4 is 41.1 Å². The maximum absolute atomic E-state index is 14.0. The number of ether oxygens (including phenoxy) is 3. The van der Waals surface area contributed by atoms with Crippen LogP contribution in [0.2, 0.25) is 10.0 Å². The van der Waals surface area contributed by atoms with E-state index < -0.39 is 11.8 Å². The van der Waals surface area contributed by atoms with Crippen molar-refractivity contribution in [2.75, 3.05) is 7.11 Å². The van der Waals surface area contributed by atoms with Crippen molar-refractivity contribution in [3.63, 3.8) is 0 Å². The molecule has 0 spiro atoms. The van der Waals surface area contributed by atoms with Gasteiger partial charge in [-0.2, -0.15) is 0 Å². The molecule has 0 radical (unpaired) electrons. The minimum Gasteiger partial charge on any atom is -0.493 e. The summed E-state index contributed by atoms with van der Waals surface area (Å²) in [4.78, 5) is 16.4. The smallest absolute Gasteiger partial charge is 0.363 e. The molecule has 0 atom stereocenters. The fourth-order valence-electron chi connectivity index (χ4n) is 3.06. The Labute approximate surface area is 193 Å². The van der Waals surface area contributed by atoms with Gasteiger partial charge in [0, 0.05) is 5.02 Å². The maximum atomic E-state index is 14.0. The van der Waals surface area contributed by atoms with Gasteiger partial charge in [-0.05, 0) is 53.6 Å². The van der Waals surface area contributed by atoms with Crippen LogP contribution in [-0.2, 0) is 16.1 Å². The van der Waals surface area contributed by atoms with E-state index >= 15 is 0 Å². The van der Waals surface area contributed by atoms with Gasteiger partial charge in [0.25, 0.3) is 0 Å². The van der Waals surface area contributed by atoms with E-state index in [-0.39, 0.29) is 28.8 Å². The normalized spacial score (nSPS) is 14.3. The van der Waals surface area contributed by atoms with E-state index in [1.54, 1.807) is 30.3 Å². The minimum atomic E-state index is -0.695. The molecule has 1 heterocycles. The number of hydrogen-bond acceptors (Lipinski definition) is 5. The molecule has 0 bridgehead atoms. The molecule has 8 heteroatoms. The summed E-state index contributed by atoms with van der Waals surface area (Å²) in [6.07, 6.45) is 1.48. The Morgan fingerprint density at radius 1 is 1.09 bits per heavy atom. The highest BCUT2D eigenvalue weighted by molar-refractivity contribution is 6.32. The number of cyclic esters (lactones) is 1. The number of halogens is 3. The quantitative estimate of drug-likeness (QED) is 0.323. The molecular weight excluding hydrogens is 456 g/mol. The molecule has 0 saturated carbocycles. The van der Waals surface area contributed by atoms with Crippen LogP contribution >= 0.6 is 23.2 Å². The summed E-state index contributed by atoms with van der Waals surface area (Å²) >= 11 is 12.4. The zero-order chi connectivity index (χ0) is 22.7. The van der Waals surface area contributed by atoms with E-state index in [0.717, 1.165) is 5.56 Å². The zero-order valence-corrected chi connectivity index (χ0v) is 18.3. The molecular formula is C24H16Cl2FNO4. The molecule has 0 fully saturated rings. The average Bonchev–Trinajstić information content (AvgIpc) is 3.13. The predicted octanol–water partition coefficient (Wildman–Crippen LogP) is 6.06. The lowest BCUT2D eigenvalue weighted by Gasteiger charge is -2.13. The summed E-state index contributed by atoms with van der Waals surface area (Å²) in [6, 6.07) is 16.4. The van der Waals surface area contributed by atoms with E-state index in [4.69, 9.17) is 37.4 Å². The summed E-state index contributed by atoms with van der Waals surface area (Å²) in [6.45, 7) is 0.236. The third-order valence-electron chi connectivity index (χ3n) is 4.55. The van der Waals surface area contributed by atoms with Crippen molar-refractivity contribution in [3.8, 4) is 11.5 Å². The van der Waals surface area contributed by atoms with E-state index in [2.05, 4.69) is 4.99 Å². The van der Waals surface area contributed by atoms with Gasteiger partial charge >= 0.3 is 5.97 Å². The van der Waals surface area contributed by atoms with E-state index in [9.17, 15) is 9.18 Å². The summed E-state index contributed by atoms with van der Waals surface area (Å²) < 4.78 is 30.4. The average molecular weight is 472 g/mol. The second-order valence-corrected chi connectivity index (χ2v) is 7.61. The Hall–Kier alpha value is -3.35. The minimum absolute atomic E-state index is 0.00830. The predicted molar refractivity (Wildman–Crippen MR) is 121 cm³/mol. The van der Waals surface area contributed by atoms with Gasteiger partial charge in [0.15, 0.2) is 17.2 Å². The van der Waals surface area contributed by atoms with E-state index in [1.165, 1.54) is 31.4 Å². The van der Waals surface area contributed by atoms with Gasteiger partial charge in [0.2, 0.25) is 5.90 Å². The summed E-state index contributed by atoms with van der Waals surface area (Å²) in [5, 5.41) is 0.882. The molecule has 162 valence electrons. The van der Waals surface area contributed by atoms with Crippen LogP contribution in [0.5, 0.6) is 11.5 Å². The van der Waals surface area contributed by atoms with Gasteiger partial charge in [-0.3, -0.25) is 0 Å². The number of nitrogens with zero attached hydrogens (tertiary/aromatic N) is 1. The Kier molecular flexibility index (Phi) is 6.44. The molecule has 0 aliphatic carbocycles. The number of hydrogen-bond donors (Lipinski definition) is 0. The monoisotopic (exact) mass is 471 g/mol. The van der Waals surface area contributed by atoms with Crippen LogP contribution in [-0.4, -0.2) is 19.0 Å². The largest absolute Gasteiger partial charge is 0.493 e. The van der Waals surface area contributed by atoms with Gasteiger partial charge in [0.1, 0.15) is 12.4 Å². The topological polar surface area (TPSA) is 57.1 Å². The number of rotatable bonds is 6. The van der Waals surface area contributed by atoms with Crippen molar-refractivity contribution in [3.05, 3.63) is 98.9 Å². The first-order chi connectivity index (χ1) is 15.4. The van der Waals surface area contributed by atoms with Gasteiger partial charge in [-0.1, -0.05) is 47.5 Å². The van der Waals surface area contributed by atoms with Crippen molar-refractivity contribution in [1.82, 2.24) is 0 Å². The molecule has 5 nitrogen and oxygen atoms in total. The maximum Gasteiger partial charge on any atom is 0.363 e. The highest BCUT2D eigenvalue weighted by Gasteiger charge is 2.26. The SMILES string of the molecule is COc1cc(/C=C2\N=C(c3ccccc3F)OC2=O)cc(Cl)c1OCc1cccc(Cl)c1. The second kappa shape index (κ2) is 9.42. The molecule has 0 aromatic heterocycles. The molecule has 1 aliphatic heterocycles. The number of carbonyl (C=O) groups excluding carboxylic acids is 1. The molecule has 1 aliphatic rings. The Morgan fingerprint density at radius 2 is 1.91 bits per heavy atom. The lowest BCUT2D eigenvalue weighted by atomic mass is 10.1. The van der Waals surface area contributed by atoms with Gasteiger partial charge in [-0.15, -0.1) is 0 Å². The molecule has 0 saturated heterocycles. The number of aliphatic imine (C=N–C) groups is 1. The van der Waals surface area contributed by atoms with Gasteiger partial charge < -0.3 is 14.2 Å². The first kappa shape index (κ1) is 21.9. The summed E-state index contributed by atoms with van der Waals surface area (Å²) in [5.41, 5.74) is 1.51. The Morgan fingerprint density at radius 3 is 2.66 bits per heavy atom. The van der Waals surface area contributed by atoms with Crippen LogP contribution < -0.4 is 9.47 Å². The molecule has 32 heavy (non-hydrogen) atoms. The van der Waals surface area contributed by atoms with Crippen molar-refractivity contribution < 1.29 is 23.4 Å². The van der Waals surface area contributed by atoms with Crippen LogP contribution in [0.1, 0.15) is 16.7 Å². The van der Waals surface area contributed by atoms with Crippen molar-refractivity contribution in [1.29, 1.82) is 0 Å². The second-order valence-electron chi connectivity index (χ2n) is 6.77. The molecule has 0 amide bonds. The summed E-state index contributed by atoms with van der Waals surface area (Å²) in [5.74, 6) is -0.610. The fraction of sp³-hybridized carbons (Fsp3) is 0.0833. The lowest BCUT2D eigenvalue weighted by Crippen LogP contribution is -2.07. The van der Waals surface area contributed by atoms with Gasteiger partial charge in [0.05, 0.1) is 17.7 Å². The van der Waals surface area contributed by atoms with Crippen LogP contribution in [0, 0.1) is 5.82 Å². The highest BCUT2D eigenvalue weighted by Crippen LogP contribution is 2.38. The van der Waals surface area contributed by atoms with E-state index in [1.807, 2.05) is 12.1 Å². The van der Waals surface area contributed by atoms with Crippen LogP contribution in [0.15, 0.2) is 71.4 Å². The van der Waals surface area contributed by atoms with Crippen molar-refractivity contribution in [2.45, 2.75) is 6.61 Å². The standard InChI is InChI=1S/C24H16Cl2FNO4/c1-30-21-12-15(10-18(26)22(21)31-13-14-5-4-6-16(25)9-14)11-20-24(29)32-23(28-20)17-7-2-3-8-19(17)27/h2-12H,13H2,1H3/b20-11-. The lowest BCUT2D eigenvalue weighted by molar-refractivity contribution is -0.129. The first-order valence-electron chi connectivity index (χ1n) is 9.47. The molecule has 0 N–H and O–H groups in total. The Bertz CT molecular complexity index is 1260. The van der Waals surface area contributed by atoms with Crippen LogP contribution in [0.4, 0.5) is 4.39 Å². The first-order valence-corrected chi connectivity index (χ1v) is 10.2. The number of methoxy groups -OCH3 is 1. The number of esters is 1. The molecule has 4 rings (SSSR count). The van der Waals surface area contributed by atoms with Crippen molar-refractivity contribution in [2.24, 2.45) is 4.99 Å². The summed E-state index contributed by atoms with van der Waals surface area (Å²) in [7, 11) is 1.48.